The fraction of sp³-hybridized carbons (Fsp3) is 0.474. The lowest BCUT2D eigenvalue weighted by atomic mass is 9.97. The summed E-state index contributed by atoms with van der Waals surface area (Å²) < 4.78 is 0. The Morgan fingerprint density at radius 3 is 2.85 bits per heavy atom. The standard InChI is InChI=1S/C19H23N5S2/c1-12(11-25-3)24(2)18-16-13-6-4-5-7-15(13)26-19(16)23-17(22-18)14-10-20-8-9-21-14/h8-10,12H,4-7,11H2,1-3H3. The zero-order valence-electron chi connectivity index (χ0n) is 15.4. The Morgan fingerprint density at radius 1 is 1.23 bits per heavy atom. The minimum atomic E-state index is 0.400. The summed E-state index contributed by atoms with van der Waals surface area (Å²) in [4.78, 5) is 23.3. The van der Waals surface area contributed by atoms with Gasteiger partial charge in [0.2, 0.25) is 0 Å². The second kappa shape index (κ2) is 7.48. The molecule has 7 heteroatoms. The van der Waals surface area contributed by atoms with E-state index in [2.05, 4.69) is 35.1 Å². The van der Waals surface area contributed by atoms with Crippen LogP contribution in [0.2, 0.25) is 0 Å². The van der Waals surface area contributed by atoms with E-state index < -0.39 is 0 Å². The van der Waals surface area contributed by atoms with E-state index in [4.69, 9.17) is 9.97 Å². The van der Waals surface area contributed by atoms with Gasteiger partial charge in [-0.2, -0.15) is 11.8 Å². The topological polar surface area (TPSA) is 54.8 Å². The van der Waals surface area contributed by atoms with Crippen molar-refractivity contribution in [3.63, 3.8) is 0 Å². The summed E-state index contributed by atoms with van der Waals surface area (Å²) in [5.74, 6) is 2.77. The van der Waals surface area contributed by atoms with Crippen LogP contribution in [0.25, 0.3) is 21.7 Å². The van der Waals surface area contributed by atoms with Crippen molar-refractivity contribution in [2.75, 3.05) is 24.0 Å². The minimum Gasteiger partial charge on any atom is -0.355 e. The Morgan fingerprint density at radius 2 is 2.08 bits per heavy atom. The second-order valence-electron chi connectivity index (χ2n) is 6.77. The highest BCUT2D eigenvalue weighted by atomic mass is 32.2. The van der Waals surface area contributed by atoms with Gasteiger partial charge in [0.05, 0.1) is 11.6 Å². The van der Waals surface area contributed by atoms with E-state index in [1.54, 1.807) is 18.6 Å². The number of nitrogens with zero attached hydrogens (tertiary/aromatic N) is 5. The molecule has 0 aliphatic heterocycles. The van der Waals surface area contributed by atoms with Gasteiger partial charge < -0.3 is 4.90 Å². The number of thioether (sulfide) groups is 1. The summed E-state index contributed by atoms with van der Waals surface area (Å²) in [6.45, 7) is 2.26. The fourth-order valence-electron chi connectivity index (χ4n) is 3.48. The lowest BCUT2D eigenvalue weighted by Gasteiger charge is -2.27. The monoisotopic (exact) mass is 385 g/mol. The van der Waals surface area contributed by atoms with Crippen LogP contribution < -0.4 is 4.90 Å². The zero-order chi connectivity index (χ0) is 18.1. The van der Waals surface area contributed by atoms with Crippen molar-refractivity contribution in [3.8, 4) is 11.5 Å². The Balaban J connectivity index is 1.92. The molecule has 1 unspecified atom stereocenters. The van der Waals surface area contributed by atoms with Crippen LogP contribution in [0.15, 0.2) is 18.6 Å². The molecule has 3 heterocycles. The number of aryl methyl sites for hydroxylation is 2. The van der Waals surface area contributed by atoms with Crippen molar-refractivity contribution in [1.82, 2.24) is 19.9 Å². The van der Waals surface area contributed by atoms with Crippen LogP contribution in [0, 0.1) is 0 Å². The number of thiophene rings is 1. The first-order chi connectivity index (χ1) is 12.7. The van der Waals surface area contributed by atoms with E-state index in [0.717, 1.165) is 28.5 Å². The van der Waals surface area contributed by atoms with E-state index >= 15 is 0 Å². The Bertz CT molecular complexity index is 909. The fourth-order valence-corrected chi connectivity index (χ4v) is 5.45. The Kier molecular flexibility index (Phi) is 5.09. The maximum absolute atomic E-state index is 4.96. The molecule has 0 radical (unpaired) electrons. The lowest BCUT2D eigenvalue weighted by Crippen LogP contribution is -2.32. The average Bonchev–Trinajstić information content (AvgIpc) is 3.06. The molecule has 0 N–H and O–H groups in total. The van der Waals surface area contributed by atoms with E-state index in [-0.39, 0.29) is 0 Å². The summed E-state index contributed by atoms with van der Waals surface area (Å²) in [5.41, 5.74) is 2.20. The molecule has 0 saturated carbocycles. The molecule has 0 fully saturated rings. The molecule has 26 heavy (non-hydrogen) atoms. The van der Waals surface area contributed by atoms with Crippen molar-refractivity contribution in [1.29, 1.82) is 0 Å². The molecule has 1 aliphatic carbocycles. The van der Waals surface area contributed by atoms with Gasteiger partial charge in [-0.3, -0.25) is 4.98 Å². The van der Waals surface area contributed by atoms with Gasteiger partial charge >= 0.3 is 0 Å². The van der Waals surface area contributed by atoms with Gasteiger partial charge in [-0.25, -0.2) is 15.0 Å². The molecule has 136 valence electrons. The largest absolute Gasteiger partial charge is 0.355 e. The number of anilines is 1. The molecule has 5 nitrogen and oxygen atoms in total. The third-order valence-corrected chi connectivity index (χ3v) is 6.99. The molecule has 3 aromatic heterocycles. The summed E-state index contributed by atoms with van der Waals surface area (Å²) in [7, 11) is 2.15. The molecule has 0 bridgehead atoms. The first-order valence-corrected chi connectivity index (χ1v) is 11.2. The maximum Gasteiger partial charge on any atom is 0.183 e. The van der Waals surface area contributed by atoms with Crippen LogP contribution in [-0.4, -0.2) is 45.0 Å². The van der Waals surface area contributed by atoms with Gasteiger partial charge in [-0.1, -0.05) is 0 Å². The van der Waals surface area contributed by atoms with Gasteiger partial charge in [0, 0.05) is 36.1 Å². The first-order valence-electron chi connectivity index (χ1n) is 8.99. The molecule has 4 rings (SSSR count). The second-order valence-corrected chi connectivity index (χ2v) is 8.76. The van der Waals surface area contributed by atoms with Crippen LogP contribution in [0.5, 0.6) is 0 Å². The Labute approximate surface area is 162 Å². The molecular weight excluding hydrogens is 362 g/mol. The van der Waals surface area contributed by atoms with Crippen molar-refractivity contribution < 1.29 is 0 Å². The summed E-state index contributed by atoms with van der Waals surface area (Å²) in [5, 5.41) is 1.26. The van der Waals surface area contributed by atoms with E-state index in [9.17, 15) is 0 Å². The molecular formula is C19H23N5S2. The van der Waals surface area contributed by atoms with Gasteiger partial charge in [0.15, 0.2) is 5.82 Å². The molecule has 0 saturated heterocycles. The number of aromatic nitrogens is 4. The Hall–Kier alpha value is -1.73. The van der Waals surface area contributed by atoms with Crippen molar-refractivity contribution in [3.05, 3.63) is 29.0 Å². The van der Waals surface area contributed by atoms with Crippen LogP contribution in [-0.2, 0) is 12.8 Å². The van der Waals surface area contributed by atoms with E-state index in [1.165, 1.54) is 35.1 Å². The van der Waals surface area contributed by atoms with E-state index in [0.29, 0.717) is 11.9 Å². The lowest BCUT2D eigenvalue weighted by molar-refractivity contribution is 0.699. The SMILES string of the molecule is CSCC(C)N(C)c1nc(-c2cnccn2)nc2sc3c(c12)CCCC3. The van der Waals surface area contributed by atoms with Gasteiger partial charge in [0.1, 0.15) is 16.3 Å². The zero-order valence-corrected chi connectivity index (χ0v) is 17.0. The number of hydrogen-bond donors (Lipinski definition) is 0. The third-order valence-electron chi connectivity index (χ3n) is 4.99. The van der Waals surface area contributed by atoms with Crippen molar-refractivity contribution in [2.24, 2.45) is 0 Å². The average molecular weight is 386 g/mol. The van der Waals surface area contributed by atoms with Crippen LogP contribution in [0.3, 0.4) is 0 Å². The number of rotatable bonds is 5. The normalized spacial score (nSPS) is 15.0. The van der Waals surface area contributed by atoms with Crippen molar-refractivity contribution in [2.45, 2.75) is 38.6 Å². The quantitative estimate of drug-likeness (QED) is 0.656. The van der Waals surface area contributed by atoms with Crippen LogP contribution in [0.4, 0.5) is 5.82 Å². The highest BCUT2D eigenvalue weighted by molar-refractivity contribution is 7.98. The van der Waals surface area contributed by atoms with Crippen LogP contribution in [0.1, 0.15) is 30.2 Å². The molecule has 0 amide bonds. The minimum absolute atomic E-state index is 0.400. The number of hydrogen-bond acceptors (Lipinski definition) is 7. The highest BCUT2D eigenvalue weighted by Gasteiger charge is 2.24. The predicted octanol–water partition coefficient (Wildman–Crippen LogP) is 4.21. The molecule has 0 aromatic carbocycles. The van der Waals surface area contributed by atoms with Crippen LogP contribution >= 0.6 is 23.1 Å². The summed E-state index contributed by atoms with van der Waals surface area (Å²) >= 11 is 3.70. The molecule has 1 atom stereocenters. The predicted molar refractivity (Wildman–Crippen MR) is 111 cm³/mol. The first kappa shape index (κ1) is 17.7. The molecule has 3 aromatic rings. The smallest absolute Gasteiger partial charge is 0.183 e. The van der Waals surface area contributed by atoms with Gasteiger partial charge in [-0.15, -0.1) is 11.3 Å². The molecule has 1 aliphatic rings. The number of fused-ring (bicyclic) bond motifs is 3. The maximum atomic E-state index is 4.96. The molecule has 0 spiro atoms. The summed E-state index contributed by atoms with van der Waals surface area (Å²) in [6.07, 6.45) is 12.1. The third kappa shape index (κ3) is 3.18. The van der Waals surface area contributed by atoms with Crippen molar-refractivity contribution >= 4 is 39.1 Å². The highest BCUT2D eigenvalue weighted by Crippen LogP contribution is 2.40. The van der Waals surface area contributed by atoms with Gasteiger partial charge in [-0.05, 0) is 44.4 Å². The van der Waals surface area contributed by atoms with Gasteiger partial charge in [0.25, 0.3) is 0 Å². The van der Waals surface area contributed by atoms with E-state index in [1.807, 2.05) is 23.1 Å². The summed E-state index contributed by atoms with van der Waals surface area (Å²) in [6, 6.07) is 0.400.